The van der Waals surface area contributed by atoms with Gasteiger partial charge in [0, 0.05) is 48.2 Å². The number of amides is 2. The fourth-order valence-corrected chi connectivity index (χ4v) is 5.15. The number of para-hydroxylation sites is 1. The maximum absolute atomic E-state index is 14.2. The minimum atomic E-state index is -0.585. The summed E-state index contributed by atoms with van der Waals surface area (Å²) >= 11 is 0. The highest BCUT2D eigenvalue weighted by molar-refractivity contribution is 6.04. The molecule has 0 saturated carbocycles. The number of carbonyl (C=O) groups excluding carboxylic acids is 2. The smallest absolute Gasteiger partial charge is 0.264 e. The molecule has 10 heteroatoms. The van der Waals surface area contributed by atoms with Crippen LogP contribution in [0.5, 0.6) is 0 Å². The molecule has 1 aliphatic heterocycles. The lowest BCUT2D eigenvalue weighted by Crippen LogP contribution is -2.34. The molecule has 3 aromatic heterocycles. The van der Waals surface area contributed by atoms with Crippen molar-refractivity contribution in [2.24, 2.45) is 5.92 Å². The molecule has 2 atom stereocenters. The van der Waals surface area contributed by atoms with Crippen molar-refractivity contribution in [1.29, 1.82) is 0 Å². The Kier molecular flexibility index (Phi) is 6.69. The molecule has 10 nitrogen and oxygen atoms in total. The number of piperidine rings is 1. The second-order valence-electron chi connectivity index (χ2n) is 9.97. The van der Waals surface area contributed by atoms with Gasteiger partial charge in [0.05, 0.1) is 11.4 Å². The quantitative estimate of drug-likeness (QED) is 0.297. The number of benzene rings is 2. The Bertz CT molecular complexity index is 1920. The number of nitrogens with two attached hydrogens (primary N) is 1. The monoisotopic (exact) mass is 545 g/mol. The summed E-state index contributed by atoms with van der Waals surface area (Å²) in [6, 6.07) is 17.8. The fourth-order valence-electron chi connectivity index (χ4n) is 5.15. The number of hydrogen-bond acceptors (Lipinski definition) is 6. The Labute approximate surface area is 235 Å². The van der Waals surface area contributed by atoms with E-state index >= 15 is 0 Å². The molecule has 41 heavy (non-hydrogen) atoms. The first-order valence-corrected chi connectivity index (χ1v) is 13.3. The van der Waals surface area contributed by atoms with Gasteiger partial charge in [0.15, 0.2) is 11.5 Å². The van der Waals surface area contributed by atoms with E-state index in [9.17, 15) is 14.4 Å². The Morgan fingerprint density at radius 1 is 1.15 bits per heavy atom. The van der Waals surface area contributed by atoms with Gasteiger partial charge in [0.1, 0.15) is 5.56 Å². The molecule has 1 unspecified atom stereocenters. The number of hydrogen-bond donors (Lipinski definition) is 3. The Hall–Kier alpha value is -5.43. The highest BCUT2D eigenvalue weighted by atomic mass is 16.2. The fraction of sp³-hybridized carbons (Fsp3) is 0.194. The van der Waals surface area contributed by atoms with Crippen LogP contribution in [0.3, 0.4) is 0 Å². The van der Waals surface area contributed by atoms with Gasteiger partial charge in [-0.3, -0.25) is 19.0 Å². The van der Waals surface area contributed by atoms with Gasteiger partial charge in [-0.05, 0) is 49.1 Å². The summed E-state index contributed by atoms with van der Waals surface area (Å²) in [7, 11) is 0. The molecule has 204 valence electrons. The summed E-state index contributed by atoms with van der Waals surface area (Å²) in [5.41, 5.74) is 8.20. The van der Waals surface area contributed by atoms with Crippen LogP contribution >= 0.6 is 0 Å². The number of nitrogens with zero attached hydrogens (tertiary/aromatic N) is 4. The summed E-state index contributed by atoms with van der Waals surface area (Å²) in [5, 5.41) is 11.2. The number of anilines is 1. The second kappa shape index (κ2) is 10.6. The SMILES string of the molecule is C[C@H](NC(=O)c1c(N)nn2cccnc12)c1cc2cccc(C#CC3CCC(=O)NC3)c2c(=O)n1-c1ccccc1. The lowest BCUT2D eigenvalue weighted by Gasteiger charge is -2.21. The molecular weight excluding hydrogens is 518 g/mol. The standard InChI is InChI=1S/C31H27N7O3/c1-19(35-30(40)27-28(32)36-37-16-6-15-33-29(27)37)24-17-22-8-5-7-21(13-11-20-12-14-25(39)34-18-20)26(22)31(41)38(24)23-9-3-2-4-10-23/h2-10,15-17,19-20H,12,14,18H2,1H3,(H2,32,36)(H,34,39)(H,35,40)/t19-,20?/m0/s1. The van der Waals surface area contributed by atoms with E-state index in [4.69, 9.17) is 5.73 Å². The molecule has 5 aromatic rings. The maximum atomic E-state index is 14.2. The lowest BCUT2D eigenvalue weighted by atomic mass is 9.98. The molecule has 2 amide bonds. The van der Waals surface area contributed by atoms with Crippen LogP contribution in [0.2, 0.25) is 0 Å². The number of rotatable bonds is 4. The van der Waals surface area contributed by atoms with E-state index in [0.717, 1.165) is 0 Å². The molecule has 1 fully saturated rings. The van der Waals surface area contributed by atoms with Crippen LogP contribution in [-0.2, 0) is 4.79 Å². The van der Waals surface area contributed by atoms with E-state index < -0.39 is 11.9 Å². The van der Waals surface area contributed by atoms with E-state index in [1.54, 1.807) is 23.0 Å². The highest BCUT2D eigenvalue weighted by Gasteiger charge is 2.24. The molecule has 4 heterocycles. The van der Waals surface area contributed by atoms with Crippen molar-refractivity contribution >= 4 is 34.1 Å². The molecule has 1 aliphatic rings. The first-order chi connectivity index (χ1) is 19.9. The largest absolute Gasteiger partial charge is 0.381 e. The van der Waals surface area contributed by atoms with Crippen LogP contribution in [0.1, 0.15) is 47.4 Å². The van der Waals surface area contributed by atoms with Crippen molar-refractivity contribution in [3.8, 4) is 17.5 Å². The minimum absolute atomic E-state index is 0.0238. The van der Waals surface area contributed by atoms with Gasteiger partial charge in [0.2, 0.25) is 5.91 Å². The summed E-state index contributed by atoms with van der Waals surface area (Å²) in [6.45, 7) is 2.31. The number of carbonyl (C=O) groups is 2. The Morgan fingerprint density at radius 3 is 2.76 bits per heavy atom. The number of nitrogen functional groups attached to an aromatic ring is 1. The molecule has 2 aromatic carbocycles. The first kappa shape index (κ1) is 25.8. The average molecular weight is 546 g/mol. The summed E-state index contributed by atoms with van der Waals surface area (Å²) in [4.78, 5) is 43.4. The predicted octanol–water partition coefficient (Wildman–Crippen LogP) is 2.98. The maximum Gasteiger partial charge on any atom is 0.264 e. The third-order valence-electron chi connectivity index (χ3n) is 7.21. The molecular formula is C31H27N7O3. The highest BCUT2D eigenvalue weighted by Crippen LogP contribution is 2.24. The third-order valence-corrected chi connectivity index (χ3v) is 7.21. The van der Waals surface area contributed by atoms with Crippen LogP contribution < -0.4 is 21.9 Å². The molecule has 0 aliphatic carbocycles. The van der Waals surface area contributed by atoms with Gasteiger partial charge in [-0.25, -0.2) is 9.50 Å². The topological polar surface area (TPSA) is 136 Å². The normalized spacial score (nSPS) is 15.6. The van der Waals surface area contributed by atoms with Gasteiger partial charge >= 0.3 is 0 Å². The van der Waals surface area contributed by atoms with Gasteiger partial charge in [-0.2, -0.15) is 0 Å². The summed E-state index contributed by atoms with van der Waals surface area (Å²) < 4.78 is 3.06. The van der Waals surface area contributed by atoms with Crippen LogP contribution in [0.25, 0.3) is 22.1 Å². The lowest BCUT2D eigenvalue weighted by molar-refractivity contribution is -0.122. The van der Waals surface area contributed by atoms with Gasteiger partial charge in [-0.1, -0.05) is 42.2 Å². The van der Waals surface area contributed by atoms with Crippen molar-refractivity contribution in [3.05, 3.63) is 100 Å². The second-order valence-corrected chi connectivity index (χ2v) is 9.97. The van der Waals surface area contributed by atoms with E-state index in [1.165, 1.54) is 4.52 Å². The van der Waals surface area contributed by atoms with Gasteiger partial charge < -0.3 is 16.4 Å². The van der Waals surface area contributed by atoms with Crippen molar-refractivity contribution in [3.63, 3.8) is 0 Å². The van der Waals surface area contributed by atoms with E-state index in [0.29, 0.717) is 52.8 Å². The zero-order valence-electron chi connectivity index (χ0n) is 22.3. The van der Waals surface area contributed by atoms with Crippen LogP contribution in [0.4, 0.5) is 5.82 Å². The van der Waals surface area contributed by atoms with Crippen LogP contribution in [0.15, 0.2) is 77.9 Å². The zero-order chi connectivity index (χ0) is 28.5. The number of aromatic nitrogens is 4. The molecule has 6 rings (SSSR count). The van der Waals surface area contributed by atoms with Gasteiger partial charge in [-0.15, -0.1) is 5.10 Å². The van der Waals surface area contributed by atoms with Crippen molar-refractivity contribution < 1.29 is 9.59 Å². The average Bonchev–Trinajstić information content (AvgIpc) is 3.32. The first-order valence-electron chi connectivity index (χ1n) is 13.3. The molecule has 0 radical (unpaired) electrons. The van der Waals surface area contributed by atoms with Crippen LogP contribution in [0, 0.1) is 17.8 Å². The van der Waals surface area contributed by atoms with Crippen LogP contribution in [-0.4, -0.2) is 37.5 Å². The molecule has 0 bridgehead atoms. The minimum Gasteiger partial charge on any atom is -0.381 e. The van der Waals surface area contributed by atoms with E-state index in [-0.39, 0.29) is 28.8 Å². The van der Waals surface area contributed by atoms with Crippen molar-refractivity contribution in [2.75, 3.05) is 12.3 Å². The van der Waals surface area contributed by atoms with Crippen molar-refractivity contribution in [2.45, 2.75) is 25.8 Å². The third kappa shape index (κ3) is 4.89. The summed E-state index contributed by atoms with van der Waals surface area (Å²) in [5.74, 6) is 6.11. The Balaban J connectivity index is 1.43. The van der Waals surface area contributed by atoms with Crippen molar-refractivity contribution in [1.82, 2.24) is 29.8 Å². The number of nitrogens with one attached hydrogen (secondary N) is 2. The van der Waals surface area contributed by atoms with Gasteiger partial charge in [0.25, 0.3) is 11.5 Å². The summed E-state index contributed by atoms with van der Waals surface area (Å²) in [6.07, 6.45) is 4.36. The van der Waals surface area contributed by atoms with E-state index in [1.807, 2.05) is 61.5 Å². The molecule has 0 spiro atoms. The zero-order valence-corrected chi connectivity index (χ0v) is 22.3. The molecule has 1 saturated heterocycles. The predicted molar refractivity (Wildman–Crippen MR) is 155 cm³/mol. The van der Waals surface area contributed by atoms with E-state index in [2.05, 4.69) is 32.6 Å². The molecule has 4 N–H and O–H groups in total. The number of pyridine rings is 1. The number of fused-ring (bicyclic) bond motifs is 2. The Morgan fingerprint density at radius 2 is 1.98 bits per heavy atom.